The summed E-state index contributed by atoms with van der Waals surface area (Å²) in [6, 6.07) is 7.83. The smallest absolute Gasteiger partial charge is 0.0304 e. The van der Waals surface area contributed by atoms with Gasteiger partial charge in [-0.1, -0.05) is 32.0 Å². The van der Waals surface area contributed by atoms with Gasteiger partial charge in [0, 0.05) is 31.2 Å². The van der Waals surface area contributed by atoms with Crippen LogP contribution in [-0.4, -0.2) is 29.6 Å². The fourth-order valence-electron chi connectivity index (χ4n) is 3.99. The summed E-state index contributed by atoms with van der Waals surface area (Å²) >= 11 is 0. The summed E-state index contributed by atoms with van der Waals surface area (Å²) in [5.41, 5.74) is 5.02. The minimum Gasteiger partial charge on any atom is -0.308 e. The molecule has 116 valence electrons. The zero-order valence-electron chi connectivity index (χ0n) is 13.9. The zero-order valence-corrected chi connectivity index (χ0v) is 13.9. The molecular weight excluding hydrogens is 256 g/mol. The monoisotopic (exact) mass is 286 g/mol. The van der Waals surface area contributed by atoms with Crippen molar-refractivity contribution in [3.8, 4) is 0 Å². The summed E-state index contributed by atoms with van der Waals surface area (Å²) in [6.45, 7) is 10.4. The maximum Gasteiger partial charge on any atom is 0.0304 e. The second kappa shape index (κ2) is 6.10. The molecule has 1 fully saturated rings. The first-order chi connectivity index (χ1) is 10.2. The standard InChI is InChI=1S/C19H30N2/c1-4-19(5-2)14-21(15(3)12-20-19)13-16-9-10-17-7-6-8-18(17)11-16/h9-11,15,20H,4-8,12-14H2,1-3H3. The highest BCUT2D eigenvalue weighted by Gasteiger charge is 2.34. The van der Waals surface area contributed by atoms with Crippen molar-refractivity contribution >= 4 is 0 Å². The van der Waals surface area contributed by atoms with Crippen molar-refractivity contribution in [1.82, 2.24) is 10.2 Å². The van der Waals surface area contributed by atoms with E-state index in [-0.39, 0.29) is 0 Å². The Kier molecular flexibility index (Phi) is 4.37. The highest BCUT2D eigenvalue weighted by atomic mass is 15.2. The third-order valence-corrected chi connectivity index (χ3v) is 5.80. The van der Waals surface area contributed by atoms with Gasteiger partial charge in [0.15, 0.2) is 0 Å². The molecule has 0 amide bonds. The van der Waals surface area contributed by atoms with Crippen LogP contribution in [0.25, 0.3) is 0 Å². The average molecular weight is 286 g/mol. The Labute approximate surface area is 129 Å². The van der Waals surface area contributed by atoms with E-state index in [0.29, 0.717) is 11.6 Å². The number of aryl methyl sites for hydroxylation is 2. The highest BCUT2D eigenvalue weighted by Crippen LogP contribution is 2.26. The van der Waals surface area contributed by atoms with E-state index in [4.69, 9.17) is 0 Å². The SMILES string of the molecule is CCC1(CC)CN(Cc2ccc3c(c2)CCC3)C(C)CN1. The molecule has 1 saturated heterocycles. The fourth-order valence-corrected chi connectivity index (χ4v) is 3.99. The van der Waals surface area contributed by atoms with Crippen molar-refractivity contribution in [3.05, 3.63) is 34.9 Å². The van der Waals surface area contributed by atoms with Gasteiger partial charge >= 0.3 is 0 Å². The summed E-state index contributed by atoms with van der Waals surface area (Å²) in [7, 11) is 0. The zero-order chi connectivity index (χ0) is 14.9. The van der Waals surface area contributed by atoms with Crippen LogP contribution in [0.2, 0.25) is 0 Å². The van der Waals surface area contributed by atoms with Crippen LogP contribution in [-0.2, 0) is 19.4 Å². The molecule has 0 bridgehead atoms. The molecule has 3 rings (SSSR count). The van der Waals surface area contributed by atoms with E-state index in [1.165, 1.54) is 44.2 Å². The third-order valence-electron chi connectivity index (χ3n) is 5.80. The van der Waals surface area contributed by atoms with Crippen LogP contribution in [0.1, 0.15) is 56.7 Å². The molecule has 1 heterocycles. The van der Waals surface area contributed by atoms with Gasteiger partial charge in [-0.3, -0.25) is 4.90 Å². The van der Waals surface area contributed by atoms with Gasteiger partial charge in [0.05, 0.1) is 0 Å². The lowest BCUT2D eigenvalue weighted by Crippen LogP contribution is -2.62. The van der Waals surface area contributed by atoms with Crippen molar-refractivity contribution in [2.45, 2.75) is 71.0 Å². The second-order valence-corrected chi connectivity index (χ2v) is 7.08. The number of benzene rings is 1. The van der Waals surface area contributed by atoms with E-state index in [1.54, 1.807) is 11.1 Å². The molecule has 2 nitrogen and oxygen atoms in total. The average Bonchev–Trinajstić information content (AvgIpc) is 2.97. The molecule has 1 N–H and O–H groups in total. The Morgan fingerprint density at radius 2 is 1.95 bits per heavy atom. The Morgan fingerprint density at radius 1 is 1.19 bits per heavy atom. The highest BCUT2D eigenvalue weighted by molar-refractivity contribution is 5.35. The molecule has 1 aliphatic carbocycles. The number of nitrogens with one attached hydrogen (secondary N) is 1. The second-order valence-electron chi connectivity index (χ2n) is 7.08. The molecule has 0 radical (unpaired) electrons. The fraction of sp³-hybridized carbons (Fsp3) is 0.684. The molecule has 0 aromatic heterocycles. The summed E-state index contributed by atoms with van der Waals surface area (Å²) in [4.78, 5) is 2.68. The first-order valence-electron chi connectivity index (χ1n) is 8.75. The molecule has 0 spiro atoms. The van der Waals surface area contributed by atoms with E-state index in [1.807, 2.05) is 0 Å². The van der Waals surface area contributed by atoms with Crippen LogP contribution in [0, 0.1) is 0 Å². The molecule has 1 aliphatic heterocycles. The Balaban J connectivity index is 1.73. The lowest BCUT2D eigenvalue weighted by Gasteiger charge is -2.46. The molecule has 1 unspecified atom stereocenters. The van der Waals surface area contributed by atoms with E-state index in [0.717, 1.165) is 13.1 Å². The van der Waals surface area contributed by atoms with Gasteiger partial charge in [-0.15, -0.1) is 0 Å². The molecule has 21 heavy (non-hydrogen) atoms. The predicted octanol–water partition coefficient (Wildman–Crippen LogP) is 3.53. The van der Waals surface area contributed by atoms with Crippen molar-refractivity contribution in [3.63, 3.8) is 0 Å². The molecule has 2 aliphatic rings. The van der Waals surface area contributed by atoms with Crippen LogP contribution < -0.4 is 5.32 Å². The summed E-state index contributed by atoms with van der Waals surface area (Å²) in [5, 5.41) is 3.80. The van der Waals surface area contributed by atoms with Gasteiger partial charge < -0.3 is 5.32 Å². The Morgan fingerprint density at radius 3 is 2.71 bits per heavy atom. The topological polar surface area (TPSA) is 15.3 Å². The normalized spacial score (nSPS) is 25.0. The lowest BCUT2D eigenvalue weighted by atomic mass is 9.88. The summed E-state index contributed by atoms with van der Waals surface area (Å²) in [6.07, 6.45) is 6.36. The number of piperazine rings is 1. The van der Waals surface area contributed by atoms with Gasteiger partial charge in [-0.05, 0) is 55.7 Å². The van der Waals surface area contributed by atoms with Gasteiger partial charge in [0.1, 0.15) is 0 Å². The summed E-state index contributed by atoms with van der Waals surface area (Å²) in [5.74, 6) is 0. The van der Waals surface area contributed by atoms with Crippen molar-refractivity contribution < 1.29 is 0 Å². The van der Waals surface area contributed by atoms with Crippen molar-refractivity contribution in [2.24, 2.45) is 0 Å². The molecule has 1 aromatic rings. The van der Waals surface area contributed by atoms with Gasteiger partial charge in [0.25, 0.3) is 0 Å². The van der Waals surface area contributed by atoms with Crippen LogP contribution >= 0.6 is 0 Å². The van der Waals surface area contributed by atoms with E-state index in [9.17, 15) is 0 Å². The minimum atomic E-state index is 0.323. The lowest BCUT2D eigenvalue weighted by molar-refractivity contribution is 0.0746. The number of nitrogens with zero attached hydrogens (tertiary/aromatic N) is 1. The first-order valence-corrected chi connectivity index (χ1v) is 8.75. The third kappa shape index (κ3) is 3.02. The number of rotatable bonds is 4. The summed E-state index contributed by atoms with van der Waals surface area (Å²) < 4.78 is 0. The van der Waals surface area contributed by atoms with E-state index >= 15 is 0 Å². The van der Waals surface area contributed by atoms with Crippen LogP contribution in [0.4, 0.5) is 0 Å². The molecule has 1 aromatic carbocycles. The maximum absolute atomic E-state index is 3.80. The quantitative estimate of drug-likeness (QED) is 0.911. The van der Waals surface area contributed by atoms with Gasteiger partial charge in [-0.25, -0.2) is 0 Å². The molecule has 2 heteroatoms. The molecule has 1 atom stereocenters. The van der Waals surface area contributed by atoms with E-state index in [2.05, 4.69) is 49.2 Å². The Bertz CT molecular complexity index is 490. The Hall–Kier alpha value is -0.860. The first kappa shape index (κ1) is 15.1. The molecular formula is C19H30N2. The number of hydrogen-bond donors (Lipinski definition) is 1. The predicted molar refractivity (Wildman–Crippen MR) is 89.7 cm³/mol. The van der Waals surface area contributed by atoms with Gasteiger partial charge in [-0.2, -0.15) is 0 Å². The number of fused-ring (bicyclic) bond motifs is 1. The van der Waals surface area contributed by atoms with Crippen LogP contribution in [0.15, 0.2) is 18.2 Å². The molecule has 0 saturated carbocycles. The van der Waals surface area contributed by atoms with Crippen molar-refractivity contribution in [1.29, 1.82) is 0 Å². The number of hydrogen-bond acceptors (Lipinski definition) is 2. The van der Waals surface area contributed by atoms with Crippen LogP contribution in [0.5, 0.6) is 0 Å². The van der Waals surface area contributed by atoms with Crippen LogP contribution in [0.3, 0.4) is 0 Å². The van der Waals surface area contributed by atoms with Crippen molar-refractivity contribution in [2.75, 3.05) is 13.1 Å². The van der Waals surface area contributed by atoms with E-state index < -0.39 is 0 Å². The minimum absolute atomic E-state index is 0.323. The largest absolute Gasteiger partial charge is 0.308 e. The van der Waals surface area contributed by atoms with Gasteiger partial charge in [0.2, 0.25) is 0 Å². The maximum atomic E-state index is 3.80.